The number of hydrogen-bond donors (Lipinski definition) is 2. The van der Waals surface area contributed by atoms with E-state index in [1.165, 1.54) is 11.3 Å². The van der Waals surface area contributed by atoms with Gasteiger partial charge in [0, 0.05) is 35.5 Å². The number of benzene rings is 1. The highest BCUT2D eigenvalue weighted by Crippen LogP contribution is 2.26. The Hall–Kier alpha value is -3.51. The van der Waals surface area contributed by atoms with Crippen molar-refractivity contribution in [2.45, 2.75) is 19.8 Å². The number of rotatable bonds is 6. The number of aromatic nitrogens is 2. The summed E-state index contributed by atoms with van der Waals surface area (Å²) in [6.07, 6.45) is 7.51. The van der Waals surface area contributed by atoms with Gasteiger partial charge in [-0.25, -0.2) is 4.79 Å². The van der Waals surface area contributed by atoms with Crippen LogP contribution in [0.15, 0.2) is 73.2 Å². The van der Waals surface area contributed by atoms with E-state index in [0.29, 0.717) is 4.99 Å². The van der Waals surface area contributed by atoms with Gasteiger partial charge in [-0.3, -0.25) is 4.98 Å². The fourth-order valence-corrected chi connectivity index (χ4v) is 4.07. The van der Waals surface area contributed by atoms with Crippen molar-refractivity contribution in [3.63, 3.8) is 0 Å². The lowest BCUT2D eigenvalue weighted by atomic mass is 10.0. The number of nitrogens with one attached hydrogen (secondary N) is 1. The molecule has 1 aromatic carbocycles. The molecule has 150 valence electrons. The Bertz CT molecular complexity index is 1210. The van der Waals surface area contributed by atoms with Crippen molar-refractivity contribution in [3.05, 3.63) is 101 Å². The van der Waals surface area contributed by atoms with Crippen LogP contribution in [0.25, 0.3) is 5.52 Å². The minimum Gasteiger partial charge on any atom is -0.478 e. The zero-order valence-electron chi connectivity index (χ0n) is 16.5. The highest BCUT2D eigenvalue weighted by Gasteiger charge is 2.18. The lowest BCUT2D eigenvalue weighted by molar-refractivity contribution is 0.0697. The van der Waals surface area contributed by atoms with Gasteiger partial charge in [0.25, 0.3) is 0 Å². The van der Waals surface area contributed by atoms with Gasteiger partial charge in [0.15, 0.2) is 0 Å². The Balaban J connectivity index is 1.64. The fraction of sp³-hybridized carbons (Fsp3) is 0.125. The molecule has 5 nitrogen and oxygen atoms in total. The van der Waals surface area contributed by atoms with E-state index in [4.69, 9.17) is 17.3 Å². The summed E-state index contributed by atoms with van der Waals surface area (Å²) in [4.78, 5) is 15.8. The molecule has 0 aliphatic carbocycles. The van der Waals surface area contributed by atoms with Crippen molar-refractivity contribution in [1.29, 1.82) is 0 Å². The molecule has 0 radical (unpaired) electrons. The molecule has 0 fully saturated rings. The topological polar surface area (TPSA) is 66.6 Å². The fourth-order valence-electron chi connectivity index (χ4n) is 3.70. The van der Waals surface area contributed by atoms with Crippen molar-refractivity contribution in [2.24, 2.45) is 0 Å². The molecule has 30 heavy (non-hydrogen) atoms. The third-order valence-corrected chi connectivity index (χ3v) is 5.54. The van der Waals surface area contributed by atoms with E-state index >= 15 is 0 Å². The summed E-state index contributed by atoms with van der Waals surface area (Å²) >= 11 is 5.74. The Morgan fingerprint density at radius 1 is 1.07 bits per heavy atom. The van der Waals surface area contributed by atoms with Gasteiger partial charge in [0.05, 0.1) is 11.1 Å². The minimum atomic E-state index is -0.947. The number of hydrogen-bond acceptors (Lipinski definition) is 3. The maximum atomic E-state index is 11.1. The first-order valence-electron chi connectivity index (χ1n) is 9.66. The van der Waals surface area contributed by atoms with Crippen LogP contribution in [0.5, 0.6) is 0 Å². The van der Waals surface area contributed by atoms with Crippen molar-refractivity contribution < 1.29 is 9.90 Å². The number of carbonyl (C=O) groups is 1. The number of fused-ring (bicyclic) bond motifs is 1. The zero-order chi connectivity index (χ0) is 21.1. The molecular weight excluding hydrogens is 394 g/mol. The Morgan fingerprint density at radius 3 is 2.50 bits per heavy atom. The second kappa shape index (κ2) is 8.47. The highest BCUT2D eigenvalue weighted by atomic mass is 32.1. The van der Waals surface area contributed by atoms with Crippen LogP contribution in [0, 0.1) is 6.92 Å². The summed E-state index contributed by atoms with van der Waals surface area (Å²) in [5, 5.41) is 12.3. The van der Waals surface area contributed by atoms with Crippen LogP contribution in [-0.2, 0) is 12.8 Å². The zero-order valence-corrected chi connectivity index (χ0v) is 17.3. The molecule has 6 heteroatoms. The van der Waals surface area contributed by atoms with Gasteiger partial charge >= 0.3 is 5.97 Å². The standard InChI is InChI=1S/C24H21N3O2S/c1-16-20(10-5-17-11-13-25-14-12-17)27-15-3-2-4-21(27)22(16)23(30)26-19-8-6-18(7-9-19)24(28)29/h2-4,6-9,11-15H,5,10H2,1H3,(H,26,30)(H,28,29). The largest absolute Gasteiger partial charge is 0.478 e. The van der Waals surface area contributed by atoms with Gasteiger partial charge in [0.1, 0.15) is 4.99 Å². The van der Waals surface area contributed by atoms with Gasteiger partial charge < -0.3 is 14.8 Å². The van der Waals surface area contributed by atoms with E-state index in [0.717, 1.165) is 35.2 Å². The number of carboxylic acids is 1. The maximum absolute atomic E-state index is 11.1. The first-order chi connectivity index (χ1) is 14.5. The van der Waals surface area contributed by atoms with Crippen LogP contribution >= 0.6 is 12.2 Å². The molecule has 0 aliphatic rings. The molecule has 4 aromatic rings. The average molecular weight is 416 g/mol. The number of aromatic carboxylic acids is 1. The summed E-state index contributed by atoms with van der Waals surface area (Å²) in [6, 6.07) is 16.8. The number of anilines is 1. The van der Waals surface area contributed by atoms with E-state index in [9.17, 15) is 4.79 Å². The second-order valence-electron chi connectivity index (χ2n) is 7.09. The molecule has 0 amide bonds. The lowest BCUT2D eigenvalue weighted by Crippen LogP contribution is -2.11. The molecule has 0 aliphatic heterocycles. The molecule has 0 unspecified atom stereocenters. The Labute approximate surface area is 180 Å². The molecule has 4 rings (SSSR count). The highest BCUT2D eigenvalue weighted by molar-refractivity contribution is 7.81. The number of nitrogens with zero attached hydrogens (tertiary/aromatic N) is 2. The molecule has 0 bridgehead atoms. The summed E-state index contributed by atoms with van der Waals surface area (Å²) in [5.41, 5.74) is 6.68. The van der Waals surface area contributed by atoms with Gasteiger partial charge in [0.2, 0.25) is 0 Å². The number of thiocarbonyl (C=S) groups is 1. The normalized spacial score (nSPS) is 10.8. The van der Waals surface area contributed by atoms with E-state index < -0.39 is 5.97 Å². The molecular formula is C24H21N3O2S. The van der Waals surface area contributed by atoms with Gasteiger partial charge in [-0.1, -0.05) is 18.3 Å². The molecule has 0 saturated carbocycles. The Morgan fingerprint density at radius 2 is 1.80 bits per heavy atom. The van der Waals surface area contributed by atoms with Crippen LogP contribution in [-0.4, -0.2) is 25.4 Å². The van der Waals surface area contributed by atoms with Crippen LogP contribution in [0.3, 0.4) is 0 Å². The van der Waals surface area contributed by atoms with E-state index in [-0.39, 0.29) is 5.56 Å². The molecule has 0 saturated heterocycles. The minimum absolute atomic E-state index is 0.246. The predicted octanol–water partition coefficient (Wildman–Crippen LogP) is 4.91. The van der Waals surface area contributed by atoms with Gasteiger partial charge in [-0.15, -0.1) is 0 Å². The summed E-state index contributed by atoms with van der Waals surface area (Å²) in [6.45, 7) is 2.10. The predicted molar refractivity (Wildman–Crippen MR) is 123 cm³/mol. The molecule has 0 atom stereocenters. The van der Waals surface area contributed by atoms with E-state index in [1.807, 2.05) is 36.7 Å². The van der Waals surface area contributed by atoms with Gasteiger partial charge in [-0.05, 0) is 79.4 Å². The first kappa shape index (κ1) is 19.8. The van der Waals surface area contributed by atoms with Crippen LogP contribution in [0.2, 0.25) is 0 Å². The summed E-state index contributed by atoms with van der Waals surface area (Å²) in [5.74, 6) is -0.947. The van der Waals surface area contributed by atoms with Crippen molar-refractivity contribution in [1.82, 2.24) is 9.38 Å². The van der Waals surface area contributed by atoms with Crippen molar-refractivity contribution in [2.75, 3.05) is 5.32 Å². The average Bonchev–Trinajstić information content (AvgIpc) is 3.04. The van der Waals surface area contributed by atoms with E-state index in [1.54, 1.807) is 24.3 Å². The van der Waals surface area contributed by atoms with E-state index in [2.05, 4.69) is 33.9 Å². The van der Waals surface area contributed by atoms with Crippen LogP contribution in [0.1, 0.15) is 32.7 Å². The van der Waals surface area contributed by atoms with Crippen LogP contribution < -0.4 is 5.32 Å². The maximum Gasteiger partial charge on any atom is 0.335 e. The summed E-state index contributed by atoms with van der Waals surface area (Å²) in [7, 11) is 0. The molecule has 3 aromatic heterocycles. The van der Waals surface area contributed by atoms with Crippen molar-refractivity contribution in [3.8, 4) is 0 Å². The molecule has 0 spiro atoms. The Kier molecular flexibility index (Phi) is 5.59. The number of aryl methyl sites for hydroxylation is 2. The SMILES string of the molecule is Cc1c(C(=S)Nc2ccc(C(=O)O)cc2)c2ccccn2c1CCc1ccncc1. The first-order valence-corrected chi connectivity index (χ1v) is 10.1. The third kappa shape index (κ3) is 3.95. The summed E-state index contributed by atoms with van der Waals surface area (Å²) < 4.78 is 2.20. The molecule has 2 N–H and O–H groups in total. The van der Waals surface area contributed by atoms with Gasteiger partial charge in [-0.2, -0.15) is 0 Å². The van der Waals surface area contributed by atoms with Crippen LogP contribution in [0.4, 0.5) is 5.69 Å². The number of carboxylic acid groups (broad SMARTS) is 1. The number of pyridine rings is 2. The quantitative estimate of drug-likeness (QED) is 0.438. The third-order valence-electron chi connectivity index (χ3n) is 5.23. The monoisotopic (exact) mass is 415 g/mol. The van der Waals surface area contributed by atoms with Crippen molar-refractivity contribution >= 4 is 34.4 Å². The smallest absolute Gasteiger partial charge is 0.335 e. The molecule has 3 heterocycles. The lowest BCUT2D eigenvalue weighted by Gasteiger charge is -2.09. The second-order valence-corrected chi connectivity index (χ2v) is 7.50.